The predicted molar refractivity (Wildman–Crippen MR) is 92.7 cm³/mol. The molecule has 1 heterocycles. The number of aromatic nitrogens is 2. The van der Waals surface area contributed by atoms with Gasteiger partial charge in [-0.3, -0.25) is 0 Å². The summed E-state index contributed by atoms with van der Waals surface area (Å²) in [5, 5.41) is 7.32. The maximum atomic E-state index is 12.4. The van der Waals surface area contributed by atoms with Crippen molar-refractivity contribution in [2.45, 2.75) is 43.7 Å². The van der Waals surface area contributed by atoms with E-state index in [1.807, 2.05) is 0 Å². The van der Waals surface area contributed by atoms with Crippen LogP contribution in [0.2, 0.25) is 10.0 Å². The fourth-order valence-electron chi connectivity index (χ4n) is 2.13. The Morgan fingerprint density at radius 3 is 2.58 bits per heavy atom. The number of carbonyl (C=O) groups is 1. The normalized spacial score (nSPS) is 15.7. The van der Waals surface area contributed by atoms with Crippen molar-refractivity contribution in [2.75, 3.05) is 0 Å². The van der Waals surface area contributed by atoms with E-state index in [9.17, 15) is 13.2 Å². The molecule has 0 bridgehead atoms. The van der Waals surface area contributed by atoms with Crippen molar-refractivity contribution in [1.29, 1.82) is 0 Å². The number of nitrogens with one attached hydrogen (secondary N) is 1. The van der Waals surface area contributed by atoms with Crippen LogP contribution in [-0.2, 0) is 14.8 Å². The van der Waals surface area contributed by atoms with Crippen LogP contribution in [-0.4, -0.2) is 30.6 Å². The Morgan fingerprint density at radius 2 is 2.00 bits per heavy atom. The molecule has 3 rings (SSSR count). The van der Waals surface area contributed by atoms with Crippen LogP contribution in [0.4, 0.5) is 0 Å². The van der Waals surface area contributed by atoms with E-state index in [0.29, 0.717) is 5.89 Å². The van der Waals surface area contributed by atoms with Crippen molar-refractivity contribution in [2.24, 2.45) is 0 Å². The largest absolute Gasteiger partial charge is 0.449 e. The fraction of sp³-hybridized carbons (Fsp3) is 0.400. The molecule has 2 aromatic rings. The van der Waals surface area contributed by atoms with Crippen molar-refractivity contribution >= 4 is 39.2 Å². The number of hydrogen-bond acceptors (Lipinski definition) is 7. The van der Waals surface area contributed by atoms with Gasteiger partial charge in [-0.05, 0) is 31.9 Å². The Hall–Kier alpha value is -1.68. The van der Waals surface area contributed by atoms with Gasteiger partial charge in [-0.15, -0.1) is 10.2 Å². The third-order valence-corrected chi connectivity index (χ3v) is 5.90. The summed E-state index contributed by atoms with van der Waals surface area (Å²) >= 11 is 12.1. The number of carbonyl (C=O) groups excluding carboxylic acids is 1. The lowest BCUT2D eigenvalue weighted by atomic mass is 10.2. The van der Waals surface area contributed by atoms with Crippen LogP contribution in [0.15, 0.2) is 21.4 Å². The van der Waals surface area contributed by atoms with Gasteiger partial charge in [-0.1, -0.05) is 23.2 Å². The number of rotatable bonds is 6. The molecule has 140 valence electrons. The first-order valence-corrected chi connectivity index (χ1v) is 9.93. The first kappa shape index (κ1) is 19.1. The van der Waals surface area contributed by atoms with Crippen LogP contribution >= 0.6 is 23.2 Å². The monoisotopic (exact) mass is 419 g/mol. The molecule has 8 nitrogen and oxygen atoms in total. The van der Waals surface area contributed by atoms with Crippen molar-refractivity contribution in [3.8, 4) is 0 Å². The highest BCUT2D eigenvalue weighted by atomic mass is 35.5. The Labute approximate surface area is 159 Å². The molecule has 26 heavy (non-hydrogen) atoms. The third kappa shape index (κ3) is 4.17. The number of benzene rings is 1. The summed E-state index contributed by atoms with van der Waals surface area (Å²) in [5.41, 5.74) is -0.129. The Morgan fingerprint density at radius 1 is 1.31 bits per heavy atom. The molecule has 1 aliphatic rings. The van der Waals surface area contributed by atoms with E-state index >= 15 is 0 Å². The number of sulfonamides is 1. The number of ether oxygens (including phenoxy) is 1. The van der Waals surface area contributed by atoms with Gasteiger partial charge >= 0.3 is 5.97 Å². The second kappa shape index (κ2) is 7.15. The minimum Gasteiger partial charge on any atom is -0.449 e. The molecular weight excluding hydrogens is 405 g/mol. The SMILES string of the molecule is Cc1nnc(C(C)OC(=O)c2cc(S(=O)(=O)NC3CC3)c(Cl)cc2Cl)o1. The summed E-state index contributed by atoms with van der Waals surface area (Å²) in [7, 11) is -3.87. The lowest BCUT2D eigenvalue weighted by molar-refractivity contribution is 0.0277. The zero-order valence-electron chi connectivity index (χ0n) is 13.8. The number of hydrogen-bond donors (Lipinski definition) is 1. The highest BCUT2D eigenvalue weighted by molar-refractivity contribution is 7.89. The summed E-state index contributed by atoms with van der Waals surface area (Å²) in [5.74, 6) is -0.394. The molecule has 0 saturated heterocycles. The van der Waals surface area contributed by atoms with E-state index in [-0.39, 0.29) is 32.4 Å². The summed E-state index contributed by atoms with van der Waals surface area (Å²) in [6.45, 7) is 3.14. The zero-order valence-corrected chi connectivity index (χ0v) is 16.2. The molecule has 1 N–H and O–H groups in total. The van der Waals surface area contributed by atoms with Gasteiger partial charge in [0.15, 0.2) is 6.10 Å². The molecule has 1 saturated carbocycles. The Balaban J connectivity index is 1.86. The molecular formula is C15H15Cl2N3O5S. The minimum absolute atomic E-state index is 0.0284. The molecule has 11 heteroatoms. The van der Waals surface area contributed by atoms with Crippen molar-refractivity contribution in [1.82, 2.24) is 14.9 Å². The van der Waals surface area contributed by atoms with Gasteiger partial charge in [0.25, 0.3) is 5.89 Å². The third-order valence-electron chi connectivity index (χ3n) is 3.60. The summed E-state index contributed by atoms with van der Waals surface area (Å²) in [4.78, 5) is 12.2. The van der Waals surface area contributed by atoms with E-state index in [0.717, 1.165) is 18.9 Å². The van der Waals surface area contributed by atoms with E-state index < -0.39 is 22.1 Å². The molecule has 1 unspecified atom stereocenters. The molecule has 1 atom stereocenters. The van der Waals surface area contributed by atoms with Gasteiger partial charge in [0.05, 0.1) is 15.6 Å². The first-order chi connectivity index (χ1) is 12.2. The fourth-order valence-corrected chi connectivity index (χ4v) is 4.28. The average Bonchev–Trinajstić information content (AvgIpc) is 3.22. The summed E-state index contributed by atoms with van der Waals surface area (Å²) < 4.78 is 37.8. The maximum Gasteiger partial charge on any atom is 0.340 e. The van der Waals surface area contributed by atoms with Crippen LogP contribution in [0.3, 0.4) is 0 Å². The topological polar surface area (TPSA) is 111 Å². The first-order valence-electron chi connectivity index (χ1n) is 7.69. The molecule has 1 aromatic carbocycles. The van der Waals surface area contributed by atoms with Crippen molar-refractivity contribution in [3.05, 3.63) is 39.5 Å². The average molecular weight is 420 g/mol. The van der Waals surface area contributed by atoms with Crippen LogP contribution in [0, 0.1) is 6.92 Å². The number of esters is 1. The number of halogens is 2. The highest BCUT2D eigenvalue weighted by Gasteiger charge is 2.31. The van der Waals surface area contributed by atoms with Gasteiger partial charge in [-0.25, -0.2) is 17.9 Å². The molecule has 1 aromatic heterocycles. The molecule has 0 amide bonds. The van der Waals surface area contributed by atoms with Gasteiger partial charge < -0.3 is 9.15 Å². The van der Waals surface area contributed by atoms with Crippen LogP contribution < -0.4 is 4.72 Å². The molecule has 0 aliphatic heterocycles. The van der Waals surface area contributed by atoms with Gasteiger partial charge in [0.1, 0.15) is 4.90 Å². The second-order valence-corrected chi connectivity index (χ2v) is 8.36. The van der Waals surface area contributed by atoms with Crippen LogP contribution in [0.25, 0.3) is 0 Å². The minimum atomic E-state index is -3.87. The molecule has 0 radical (unpaired) electrons. The highest BCUT2D eigenvalue weighted by Crippen LogP contribution is 2.31. The van der Waals surface area contributed by atoms with Crippen molar-refractivity contribution in [3.63, 3.8) is 0 Å². The van der Waals surface area contributed by atoms with E-state index in [4.69, 9.17) is 32.4 Å². The van der Waals surface area contributed by atoms with Crippen molar-refractivity contribution < 1.29 is 22.4 Å². The standard InChI is InChI=1S/C15H15Cl2N3O5S/c1-7(14-19-18-8(2)25-14)24-15(21)10-5-13(12(17)6-11(10)16)26(22,23)20-9-3-4-9/h5-7,9,20H,3-4H2,1-2H3. The lowest BCUT2D eigenvalue weighted by Gasteiger charge is -2.13. The lowest BCUT2D eigenvalue weighted by Crippen LogP contribution is -2.26. The van der Waals surface area contributed by atoms with E-state index in [1.165, 1.54) is 6.07 Å². The van der Waals surface area contributed by atoms with Gasteiger partial charge in [0, 0.05) is 13.0 Å². The Bertz CT molecular complexity index is 956. The Kier molecular flexibility index (Phi) is 5.25. The van der Waals surface area contributed by atoms with Gasteiger partial charge in [-0.2, -0.15) is 0 Å². The summed E-state index contributed by atoms with van der Waals surface area (Å²) in [6.07, 6.45) is 0.695. The van der Waals surface area contributed by atoms with Gasteiger partial charge in [0.2, 0.25) is 15.9 Å². The molecule has 0 spiro atoms. The second-order valence-electron chi connectivity index (χ2n) is 5.86. The van der Waals surface area contributed by atoms with E-state index in [2.05, 4.69) is 14.9 Å². The van der Waals surface area contributed by atoms with Crippen LogP contribution in [0.1, 0.15) is 48.0 Å². The molecule has 1 fully saturated rings. The zero-order chi connectivity index (χ0) is 19.1. The predicted octanol–water partition coefficient (Wildman–Crippen LogP) is 3.04. The summed E-state index contributed by atoms with van der Waals surface area (Å²) in [6, 6.07) is 2.19. The maximum absolute atomic E-state index is 12.4. The smallest absolute Gasteiger partial charge is 0.340 e. The molecule has 1 aliphatic carbocycles. The van der Waals surface area contributed by atoms with E-state index in [1.54, 1.807) is 13.8 Å². The number of aryl methyl sites for hydroxylation is 1. The quantitative estimate of drug-likeness (QED) is 0.715. The number of nitrogens with zero attached hydrogens (tertiary/aromatic N) is 2. The van der Waals surface area contributed by atoms with Crippen LogP contribution in [0.5, 0.6) is 0 Å².